The summed E-state index contributed by atoms with van der Waals surface area (Å²) in [5, 5.41) is 11.9. The Morgan fingerprint density at radius 3 is 2.28 bits per heavy atom. The Morgan fingerprint density at radius 1 is 0.806 bits per heavy atom. The van der Waals surface area contributed by atoms with Crippen LogP contribution in [0.5, 0.6) is 11.5 Å². The van der Waals surface area contributed by atoms with Gasteiger partial charge in [0.05, 0.1) is 21.8 Å². The minimum Gasteiger partial charge on any atom is -0.478 e. The zero-order valence-corrected chi connectivity index (χ0v) is 20.9. The van der Waals surface area contributed by atoms with Crippen molar-refractivity contribution in [2.24, 2.45) is 0 Å². The van der Waals surface area contributed by atoms with Crippen molar-refractivity contribution < 1.29 is 27.9 Å². The summed E-state index contributed by atoms with van der Waals surface area (Å²) in [4.78, 5) is 24.2. The number of sulfonamides is 1. The largest absolute Gasteiger partial charge is 0.478 e. The fourth-order valence-corrected chi connectivity index (χ4v) is 4.72. The van der Waals surface area contributed by atoms with E-state index in [2.05, 4.69) is 26.0 Å². The van der Waals surface area contributed by atoms with Gasteiger partial charge >= 0.3 is 5.97 Å². The first-order valence-corrected chi connectivity index (χ1v) is 12.8. The molecule has 4 aromatic carbocycles. The molecule has 0 fully saturated rings. The zero-order chi connectivity index (χ0) is 25.7. The quantitative estimate of drug-likeness (QED) is 0.240. The maximum atomic E-state index is 13.0. The molecule has 0 bridgehead atoms. The summed E-state index contributed by atoms with van der Waals surface area (Å²) in [7, 11) is -4.04. The minimum absolute atomic E-state index is 0.0401. The van der Waals surface area contributed by atoms with E-state index in [1.165, 1.54) is 36.4 Å². The molecule has 0 atom stereocenters. The van der Waals surface area contributed by atoms with Crippen molar-refractivity contribution >= 4 is 49.2 Å². The molecule has 1 amide bonds. The number of anilines is 2. The smallest absolute Gasteiger partial charge is 0.337 e. The zero-order valence-electron chi connectivity index (χ0n) is 18.5. The highest BCUT2D eigenvalue weighted by atomic mass is 79.9. The fourth-order valence-electron chi connectivity index (χ4n) is 3.26. The highest BCUT2D eigenvalue weighted by Gasteiger charge is 2.19. The van der Waals surface area contributed by atoms with Crippen molar-refractivity contribution in [2.45, 2.75) is 4.90 Å². The molecule has 0 radical (unpaired) electrons. The normalized spacial score (nSPS) is 10.9. The SMILES string of the molecule is O=C(Nc1ccc(Br)cc1C(=O)O)c1cccc(S(=O)(=O)Nc2cccc(Oc3ccccc3)c2)c1. The van der Waals surface area contributed by atoms with Crippen molar-refractivity contribution in [1.82, 2.24) is 0 Å². The standard InChI is InChI=1S/C26H19BrN2O6S/c27-18-12-13-24(23(15-18)26(31)32)28-25(30)17-6-4-11-22(14-17)36(33,34)29-19-7-5-10-21(16-19)35-20-8-2-1-3-9-20/h1-16,29H,(H,28,30)(H,31,32). The van der Waals surface area contributed by atoms with Crippen molar-refractivity contribution in [3.05, 3.63) is 113 Å². The molecule has 10 heteroatoms. The number of hydrogen-bond acceptors (Lipinski definition) is 5. The number of carboxylic acid groups (broad SMARTS) is 1. The number of aromatic carboxylic acids is 1. The van der Waals surface area contributed by atoms with Crippen LogP contribution < -0.4 is 14.8 Å². The van der Waals surface area contributed by atoms with Gasteiger partial charge in [-0.3, -0.25) is 9.52 Å². The molecule has 36 heavy (non-hydrogen) atoms. The molecule has 0 aromatic heterocycles. The number of carbonyl (C=O) groups excluding carboxylic acids is 1. The number of para-hydroxylation sites is 1. The van der Waals surface area contributed by atoms with Gasteiger partial charge in [-0.05, 0) is 60.7 Å². The van der Waals surface area contributed by atoms with Gasteiger partial charge in [0, 0.05) is 16.1 Å². The second-order valence-electron chi connectivity index (χ2n) is 7.53. The second kappa shape index (κ2) is 10.6. The number of hydrogen-bond donors (Lipinski definition) is 3. The van der Waals surface area contributed by atoms with Gasteiger partial charge < -0.3 is 15.2 Å². The van der Waals surface area contributed by atoms with Gasteiger partial charge in [0.1, 0.15) is 11.5 Å². The van der Waals surface area contributed by atoms with E-state index >= 15 is 0 Å². The summed E-state index contributed by atoms with van der Waals surface area (Å²) in [5.74, 6) is -0.827. The summed E-state index contributed by atoms with van der Waals surface area (Å²) in [6.07, 6.45) is 0. The summed E-state index contributed by atoms with van der Waals surface area (Å²) in [6.45, 7) is 0. The molecule has 182 valence electrons. The molecule has 0 aliphatic rings. The fraction of sp³-hybridized carbons (Fsp3) is 0. The molecule has 0 heterocycles. The van der Waals surface area contributed by atoms with Crippen molar-refractivity contribution in [2.75, 3.05) is 10.0 Å². The van der Waals surface area contributed by atoms with Crippen molar-refractivity contribution in [3.63, 3.8) is 0 Å². The van der Waals surface area contributed by atoms with E-state index < -0.39 is 21.9 Å². The minimum atomic E-state index is -4.04. The lowest BCUT2D eigenvalue weighted by atomic mass is 10.1. The molecule has 0 unspecified atom stereocenters. The number of halogens is 1. The first kappa shape index (κ1) is 25.0. The van der Waals surface area contributed by atoms with Crippen molar-refractivity contribution in [3.8, 4) is 11.5 Å². The number of amides is 1. The lowest BCUT2D eigenvalue weighted by molar-refractivity contribution is 0.0698. The third kappa shape index (κ3) is 6.09. The number of carboxylic acids is 1. The van der Waals surface area contributed by atoms with Gasteiger partial charge in [0.15, 0.2) is 0 Å². The molecular weight excluding hydrogens is 548 g/mol. The molecule has 0 saturated carbocycles. The summed E-state index contributed by atoms with van der Waals surface area (Å²) < 4.78 is 34.8. The van der Waals surface area contributed by atoms with E-state index in [4.69, 9.17) is 4.74 Å². The van der Waals surface area contributed by atoms with E-state index in [0.717, 1.165) is 0 Å². The van der Waals surface area contributed by atoms with Crippen LogP contribution in [0.4, 0.5) is 11.4 Å². The highest BCUT2D eigenvalue weighted by Crippen LogP contribution is 2.26. The van der Waals surface area contributed by atoms with Crippen LogP contribution in [0.25, 0.3) is 0 Å². The maximum absolute atomic E-state index is 13.0. The second-order valence-corrected chi connectivity index (χ2v) is 10.1. The highest BCUT2D eigenvalue weighted by molar-refractivity contribution is 9.10. The van der Waals surface area contributed by atoms with Gasteiger partial charge in [-0.25, -0.2) is 13.2 Å². The number of carbonyl (C=O) groups is 2. The summed E-state index contributed by atoms with van der Waals surface area (Å²) in [5.41, 5.74) is 0.288. The third-order valence-electron chi connectivity index (χ3n) is 4.93. The number of rotatable bonds is 8. The van der Waals surface area contributed by atoms with E-state index in [0.29, 0.717) is 16.0 Å². The number of nitrogens with one attached hydrogen (secondary N) is 2. The predicted molar refractivity (Wildman–Crippen MR) is 139 cm³/mol. The topological polar surface area (TPSA) is 122 Å². The number of benzene rings is 4. The third-order valence-corrected chi connectivity index (χ3v) is 6.80. The van der Waals surface area contributed by atoms with Crippen LogP contribution in [-0.2, 0) is 10.0 Å². The monoisotopic (exact) mass is 566 g/mol. The molecule has 0 saturated heterocycles. The number of ether oxygens (including phenoxy) is 1. The Kier molecular flexibility index (Phi) is 7.37. The van der Waals surface area contributed by atoms with Crippen LogP contribution in [0.2, 0.25) is 0 Å². The molecule has 8 nitrogen and oxygen atoms in total. The maximum Gasteiger partial charge on any atom is 0.337 e. The summed E-state index contributed by atoms with van der Waals surface area (Å²) >= 11 is 3.20. The molecule has 0 aliphatic heterocycles. The van der Waals surface area contributed by atoms with Gasteiger partial charge in [0.2, 0.25) is 0 Å². The van der Waals surface area contributed by atoms with Crippen LogP contribution >= 0.6 is 15.9 Å². The first-order chi connectivity index (χ1) is 17.2. The van der Waals surface area contributed by atoms with Crippen LogP contribution in [0.3, 0.4) is 0 Å². The Bertz CT molecular complexity index is 1540. The van der Waals surface area contributed by atoms with E-state index in [9.17, 15) is 23.1 Å². The molecule has 3 N–H and O–H groups in total. The predicted octanol–water partition coefficient (Wildman–Crippen LogP) is 5.99. The van der Waals surface area contributed by atoms with Gasteiger partial charge in [0.25, 0.3) is 15.9 Å². The van der Waals surface area contributed by atoms with Gasteiger partial charge in [-0.2, -0.15) is 0 Å². The average molecular weight is 567 g/mol. The van der Waals surface area contributed by atoms with E-state index in [1.807, 2.05) is 18.2 Å². The Morgan fingerprint density at radius 2 is 1.53 bits per heavy atom. The molecule has 0 aliphatic carbocycles. The van der Waals surface area contributed by atoms with E-state index in [1.54, 1.807) is 42.5 Å². The van der Waals surface area contributed by atoms with Gasteiger partial charge in [-0.1, -0.05) is 46.3 Å². The Balaban J connectivity index is 1.53. The lowest BCUT2D eigenvalue weighted by Crippen LogP contribution is -2.17. The molecule has 0 spiro atoms. The van der Waals surface area contributed by atoms with Gasteiger partial charge in [-0.15, -0.1) is 0 Å². The summed E-state index contributed by atoms with van der Waals surface area (Å²) in [6, 6.07) is 25.3. The molecular formula is C26H19BrN2O6S. The van der Waals surface area contributed by atoms with Crippen LogP contribution in [-0.4, -0.2) is 25.4 Å². The lowest BCUT2D eigenvalue weighted by Gasteiger charge is -2.12. The average Bonchev–Trinajstić information content (AvgIpc) is 2.85. The van der Waals surface area contributed by atoms with Crippen LogP contribution in [0.1, 0.15) is 20.7 Å². The van der Waals surface area contributed by atoms with Crippen LogP contribution in [0.15, 0.2) is 106 Å². The Hall–Kier alpha value is -4.15. The first-order valence-electron chi connectivity index (χ1n) is 10.5. The van der Waals surface area contributed by atoms with Crippen molar-refractivity contribution in [1.29, 1.82) is 0 Å². The van der Waals surface area contributed by atoms with E-state index in [-0.39, 0.29) is 27.4 Å². The molecule has 4 aromatic rings. The Labute approximate surface area is 215 Å². The molecule has 4 rings (SSSR count). The van der Waals surface area contributed by atoms with Crippen LogP contribution in [0, 0.1) is 0 Å².